The Kier molecular flexibility index (Phi) is 6.15. The molecule has 106 valence electrons. The SMILES string of the molecule is CCN(C)C(=O)CNCc1ccc(OC)cc1OC. The number of likely N-dealkylation sites (N-methyl/N-ethyl adjacent to an activating group) is 1. The summed E-state index contributed by atoms with van der Waals surface area (Å²) in [5, 5.41) is 3.12. The van der Waals surface area contributed by atoms with Gasteiger partial charge in [0.1, 0.15) is 11.5 Å². The van der Waals surface area contributed by atoms with E-state index in [2.05, 4.69) is 5.32 Å². The molecule has 0 aliphatic heterocycles. The quantitative estimate of drug-likeness (QED) is 0.807. The molecule has 0 radical (unpaired) electrons. The first kappa shape index (κ1) is 15.3. The number of hydrogen-bond acceptors (Lipinski definition) is 4. The third-order valence-corrected chi connectivity index (χ3v) is 2.99. The Labute approximate surface area is 114 Å². The highest BCUT2D eigenvalue weighted by atomic mass is 16.5. The second-order valence-corrected chi connectivity index (χ2v) is 4.19. The number of carbonyl (C=O) groups is 1. The minimum Gasteiger partial charge on any atom is -0.497 e. The van der Waals surface area contributed by atoms with Crippen molar-refractivity contribution in [1.29, 1.82) is 0 Å². The Morgan fingerprint density at radius 3 is 2.63 bits per heavy atom. The van der Waals surface area contributed by atoms with Gasteiger partial charge in [-0.3, -0.25) is 4.79 Å². The Hall–Kier alpha value is -1.75. The van der Waals surface area contributed by atoms with Gasteiger partial charge in [0.2, 0.25) is 5.91 Å². The minimum absolute atomic E-state index is 0.0787. The molecule has 0 aliphatic carbocycles. The molecular weight excluding hydrogens is 244 g/mol. The summed E-state index contributed by atoms with van der Waals surface area (Å²) < 4.78 is 10.4. The molecule has 19 heavy (non-hydrogen) atoms. The van der Waals surface area contributed by atoms with Crippen molar-refractivity contribution in [1.82, 2.24) is 10.2 Å². The summed E-state index contributed by atoms with van der Waals surface area (Å²) in [7, 11) is 5.03. The van der Waals surface area contributed by atoms with Crippen molar-refractivity contribution in [2.45, 2.75) is 13.5 Å². The van der Waals surface area contributed by atoms with E-state index in [0.717, 1.165) is 17.1 Å². The number of benzene rings is 1. The predicted molar refractivity (Wildman–Crippen MR) is 74.6 cm³/mol. The van der Waals surface area contributed by atoms with Crippen LogP contribution in [0.5, 0.6) is 11.5 Å². The second kappa shape index (κ2) is 7.63. The van der Waals surface area contributed by atoms with Crippen LogP contribution in [0.15, 0.2) is 18.2 Å². The zero-order valence-corrected chi connectivity index (χ0v) is 12.0. The molecule has 0 bridgehead atoms. The van der Waals surface area contributed by atoms with Gasteiger partial charge < -0.3 is 19.7 Å². The third-order valence-electron chi connectivity index (χ3n) is 2.99. The fraction of sp³-hybridized carbons (Fsp3) is 0.500. The summed E-state index contributed by atoms with van der Waals surface area (Å²) in [4.78, 5) is 13.3. The van der Waals surface area contributed by atoms with Gasteiger partial charge in [-0.1, -0.05) is 6.07 Å². The molecule has 5 nitrogen and oxygen atoms in total. The van der Waals surface area contributed by atoms with Crippen LogP contribution in [0.4, 0.5) is 0 Å². The third kappa shape index (κ3) is 4.44. The first-order chi connectivity index (χ1) is 9.12. The summed E-state index contributed by atoms with van der Waals surface area (Å²) in [5.74, 6) is 1.58. The summed E-state index contributed by atoms with van der Waals surface area (Å²) in [6, 6.07) is 5.63. The van der Waals surface area contributed by atoms with Crippen LogP contribution in [0.25, 0.3) is 0 Å². The van der Waals surface area contributed by atoms with Crippen molar-refractivity contribution in [3.63, 3.8) is 0 Å². The Balaban J connectivity index is 2.56. The summed E-state index contributed by atoms with van der Waals surface area (Å²) in [5.41, 5.74) is 0.996. The van der Waals surface area contributed by atoms with Gasteiger partial charge in [0.15, 0.2) is 0 Å². The first-order valence-corrected chi connectivity index (χ1v) is 6.28. The maximum absolute atomic E-state index is 11.6. The van der Waals surface area contributed by atoms with Gasteiger partial charge in [0, 0.05) is 31.8 Å². The lowest BCUT2D eigenvalue weighted by Gasteiger charge is -2.15. The fourth-order valence-electron chi connectivity index (χ4n) is 1.61. The van der Waals surface area contributed by atoms with Gasteiger partial charge in [-0.15, -0.1) is 0 Å². The molecule has 0 fully saturated rings. The van der Waals surface area contributed by atoms with E-state index in [1.54, 1.807) is 26.2 Å². The van der Waals surface area contributed by atoms with Crippen molar-refractivity contribution in [3.8, 4) is 11.5 Å². The van der Waals surface area contributed by atoms with E-state index in [1.165, 1.54) is 0 Å². The maximum Gasteiger partial charge on any atom is 0.236 e. The van der Waals surface area contributed by atoms with Gasteiger partial charge in [-0.25, -0.2) is 0 Å². The van der Waals surface area contributed by atoms with E-state index in [9.17, 15) is 4.79 Å². The van der Waals surface area contributed by atoms with Gasteiger partial charge in [0.05, 0.1) is 20.8 Å². The Bertz CT molecular complexity index is 421. The summed E-state index contributed by atoms with van der Waals surface area (Å²) in [6.07, 6.45) is 0. The predicted octanol–water partition coefficient (Wildman–Crippen LogP) is 1.27. The fourth-order valence-corrected chi connectivity index (χ4v) is 1.61. The van der Waals surface area contributed by atoms with Gasteiger partial charge in [-0.05, 0) is 13.0 Å². The number of methoxy groups -OCH3 is 2. The number of hydrogen-bond donors (Lipinski definition) is 1. The van der Waals surface area contributed by atoms with E-state index >= 15 is 0 Å². The molecule has 1 rings (SSSR count). The molecule has 0 heterocycles. The average molecular weight is 266 g/mol. The van der Waals surface area contributed by atoms with Crippen LogP contribution in [-0.4, -0.2) is 45.2 Å². The highest BCUT2D eigenvalue weighted by Gasteiger charge is 2.08. The molecule has 0 aliphatic rings. The van der Waals surface area contributed by atoms with Crippen LogP contribution in [0.2, 0.25) is 0 Å². The van der Waals surface area contributed by atoms with Crippen LogP contribution < -0.4 is 14.8 Å². The average Bonchev–Trinajstić information content (AvgIpc) is 2.46. The molecule has 5 heteroatoms. The normalized spacial score (nSPS) is 10.1. The van der Waals surface area contributed by atoms with Crippen molar-refractivity contribution < 1.29 is 14.3 Å². The number of nitrogens with one attached hydrogen (secondary N) is 1. The zero-order valence-electron chi connectivity index (χ0n) is 12.0. The number of ether oxygens (including phenoxy) is 2. The van der Waals surface area contributed by atoms with Gasteiger partial charge in [0.25, 0.3) is 0 Å². The van der Waals surface area contributed by atoms with Crippen LogP contribution >= 0.6 is 0 Å². The number of amides is 1. The largest absolute Gasteiger partial charge is 0.497 e. The number of nitrogens with zero attached hydrogens (tertiary/aromatic N) is 1. The van der Waals surface area contributed by atoms with Crippen LogP contribution in [0.1, 0.15) is 12.5 Å². The lowest BCUT2D eigenvalue weighted by atomic mass is 10.2. The second-order valence-electron chi connectivity index (χ2n) is 4.19. The van der Waals surface area contributed by atoms with Crippen LogP contribution in [-0.2, 0) is 11.3 Å². The van der Waals surface area contributed by atoms with Crippen molar-refractivity contribution in [3.05, 3.63) is 23.8 Å². The van der Waals surface area contributed by atoms with E-state index in [0.29, 0.717) is 19.6 Å². The summed E-state index contributed by atoms with van der Waals surface area (Å²) in [6.45, 7) is 3.56. The molecule has 1 amide bonds. The lowest BCUT2D eigenvalue weighted by molar-refractivity contribution is -0.128. The van der Waals surface area contributed by atoms with Crippen molar-refractivity contribution in [2.24, 2.45) is 0 Å². The molecule has 0 unspecified atom stereocenters. The van der Waals surface area contributed by atoms with E-state index < -0.39 is 0 Å². The molecule has 1 N–H and O–H groups in total. The standard InChI is InChI=1S/C14H22N2O3/c1-5-16(2)14(17)10-15-9-11-6-7-12(18-3)8-13(11)19-4/h6-8,15H,5,9-10H2,1-4H3. The van der Waals surface area contributed by atoms with Crippen molar-refractivity contribution in [2.75, 3.05) is 34.4 Å². The number of rotatable bonds is 7. The topological polar surface area (TPSA) is 50.8 Å². The van der Waals surface area contributed by atoms with Crippen LogP contribution in [0.3, 0.4) is 0 Å². The molecule has 1 aromatic carbocycles. The monoisotopic (exact) mass is 266 g/mol. The Morgan fingerprint density at radius 2 is 2.05 bits per heavy atom. The number of carbonyl (C=O) groups excluding carboxylic acids is 1. The first-order valence-electron chi connectivity index (χ1n) is 6.28. The van der Waals surface area contributed by atoms with Crippen molar-refractivity contribution >= 4 is 5.91 Å². The maximum atomic E-state index is 11.6. The summed E-state index contributed by atoms with van der Waals surface area (Å²) >= 11 is 0. The van der Waals surface area contributed by atoms with Crippen LogP contribution in [0, 0.1) is 0 Å². The minimum atomic E-state index is 0.0787. The van der Waals surface area contributed by atoms with Gasteiger partial charge in [-0.2, -0.15) is 0 Å². The molecule has 0 atom stereocenters. The molecule has 0 spiro atoms. The van der Waals surface area contributed by atoms with Gasteiger partial charge >= 0.3 is 0 Å². The van der Waals surface area contributed by atoms with E-state index in [4.69, 9.17) is 9.47 Å². The lowest BCUT2D eigenvalue weighted by Crippen LogP contribution is -2.35. The smallest absolute Gasteiger partial charge is 0.236 e. The highest BCUT2D eigenvalue weighted by molar-refractivity contribution is 5.77. The molecular formula is C14H22N2O3. The molecule has 0 saturated carbocycles. The Morgan fingerprint density at radius 1 is 1.32 bits per heavy atom. The molecule has 1 aromatic rings. The zero-order chi connectivity index (χ0) is 14.3. The molecule has 0 aromatic heterocycles. The van der Waals surface area contributed by atoms with E-state index in [-0.39, 0.29) is 5.91 Å². The highest BCUT2D eigenvalue weighted by Crippen LogP contribution is 2.24. The molecule has 0 saturated heterocycles. The van der Waals surface area contributed by atoms with E-state index in [1.807, 2.05) is 25.1 Å².